The van der Waals surface area contributed by atoms with Crippen LogP contribution in [0.5, 0.6) is 0 Å². The number of amides is 1. The van der Waals surface area contributed by atoms with Gasteiger partial charge in [0.2, 0.25) is 5.91 Å². The van der Waals surface area contributed by atoms with Gasteiger partial charge in [-0.1, -0.05) is 5.16 Å². The van der Waals surface area contributed by atoms with Crippen molar-refractivity contribution in [1.82, 2.24) is 19.6 Å². The second-order valence-corrected chi connectivity index (χ2v) is 8.06. The quantitative estimate of drug-likeness (QED) is 0.451. The smallest absolute Gasteiger partial charge is 0.266 e. The fourth-order valence-electron chi connectivity index (χ4n) is 4.08. The van der Waals surface area contributed by atoms with Gasteiger partial charge in [0.15, 0.2) is 0 Å². The summed E-state index contributed by atoms with van der Waals surface area (Å²) in [5.41, 5.74) is 1.45. The van der Waals surface area contributed by atoms with Gasteiger partial charge >= 0.3 is 0 Å². The summed E-state index contributed by atoms with van der Waals surface area (Å²) in [6.45, 7) is 2.54. The number of halogens is 2. The molecule has 1 amide bonds. The first-order valence-electron chi connectivity index (χ1n) is 10.9. The van der Waals surface area contributed by atoms with Crippen LogP contribution in [0.25, 0.3) is 22.4 Å². The first kappa shape index (κ1) is 21.7. The van der Waals surface area contributed by atoms with Crippen molar-refractivity contribution in [1.29, 1.82) is 0 Å². The molecule has 0 saturated carbocycles. The lowest BCUT2D eigenvalue weighted by Gasteiger charge is -2.36. The summed E-state index contributed by atoms with van der Waals surface area (Å²) in [6, 6.07) is 11.9. The van der Waals surface area contributed by atoms with E-state index < -0.39 is 5.82 Å². The molecule has 0 N–H and O–H groups in total. The highest BCUT2D eigenvalue weighted by atomic mass is 19.1. The Morgan fingerprint density at radius 2 is 1.59 bits per heavy atom. The third-order valence-corrected chi connectivity index (χ3v) is 5.97. The van der Waals surface area contributed by atoms with Gasteiger partial charge in [-0.25, -0.2) is 13.8 Å². The Hall–Kier alpha value is -4.08. The largest absolute Gasteiger partial charge is 0.368 e. The fraction of sp³-hybridized carbons (Fsp3) is 0.250. The van der Waals surface area contributed by atoms with E-state index in [0.717, 1.165) is 5.69 Å². The van der Waals surface area contributed by atoms with Crippen molar-refractivity contribution < 1.29 is 18.1 Å². The molecule has 8 nitrogen and oxygen atoms in total. The molecule has 1 fully saturated rings. The standard InChI is InChI=1S/C24H21F2N5O3/c25-17-3-1-16(2-4-17)22-21-23(34-28-22)27-15-31(24(21)33)10-9-20(32)30-13-11-29(12-14-30)19-7-5-18(26)6-8-19/h1-8,15H,9-14H2. The molecule has 0 radical (unpaired) electrons. The molecule has 0 bridgehead atoms. The summed E-state index contributed by atoms with van der Waals surface area (Å²) in [6.07, 6.45) is 1.48. The molecular weight excluding hydrogens is 444 g/mol. The first-order valence-corrected chi connectivity index (χ1v) is 10.9. The average Bonchev–Trinajstić information content (AvgIpc) is 3.29. The maximum atomic E-state index is 13.3. The summed E-state index contributed by atoms with van der Waals surface area (Å²) < 4.78 is 32.9. The molecule has 3 heterocycles. The number of hydrogen-bond acceptors (Lipinski definition) is 6. The minimum Gasteiger partial charge on any atom is -0.368 e. The van der Waals surface area contributed by atoms with E-state index in [0.29, 0.717) is 31.7 Å². The zero-order valence-electron chi connectivity index (χ0n) is 18.2. The van der Waals surface area contributed by atoms with Crippen LogP contribution in [0.3, 0.4) is 0 Å². The maximum absolute atomic E-state index is 13.3. The molecule has 0 unspecified atom stereocenters. The Bertz CT molecular complexity index is 1370. The molecule has 1 aliphatic heterocycles. The van der Waals surface area contributed by atoms with E-state index in [1.54, 1.807) is 17.0 Å². The molecule has 34 heavy (non-hydrogen) atoms. The summed E-state index contributed by atoms with van der Waals surface area (Å²) in [5, 5.41) is 4.12. The number of carbonyl (C=O) groups excluding carboxylic acids is 1. The number of hydrogen-bond donors (Lipinski definition) is 0. The molecule has 0 atom stereocenters. The summed E-state index contributed by atoms with van der Waals surface area (Å²) in [7, 11) is 0. The van der Waals surface area contributed by atoms with Gasteiger partial charge in [-0.3, -0.25) is 14.2 Å². The van der Waals surface area contributed by atoms with E-state index in [-0.39, 0.29) is 47.0 Å². The topological polar surface area (TPSA) is 84.5 Å². The van der Waals surface area contributed by atoms with Crippen LogP contribution in [0.2, 0.25) is 0 Å². The Morgan fingerprint density at radius 1 is 0.941 bits per heavy atom. The number of benzene rings is 2. The Labute approximate surface area is 193 Å². The highest BCUT2D eigenvalue weighted by molar-refractivity contribution is 5.88. The number of piperazine rings is 1. The third kappa shape index (κ3) is 4.26. The molecule has 0 spiro atoms. The molecule has 10 heteroatoms. The first-order chi connectivity index (χ1) is 16.5. The van der Waals surface area contributed by atoms with E-state index >= 15 is 0 Å². The maximum Gasteiger partial charge on any atom is 0.266 e. The van der Waals surface area contributed by atoms with Crippen LogP contribution in [0.4, 0.5) is 14.5 Å². The molecule has 2 aromatic heterocycles. The second-order valence-electron chi connectivity index (χ2n) is 8.06. The molecule has 1 aliphatic rings. The van der Waals surface area contributed by atoms with E-state index in [1.165, 1.54) is 47.3 Å². The van der Waals surface area contributed by atoms with Crippen LogP contribution >= 0.6 is 0 Å². The normalized spacial score (nSPS) is 14.1. The van der Waals surface area contributed by atoms with Crippen LogP contribution in [0.15, 0.2) is 64.2 Å². The number of nitrogens with zero attached hydrogens (tertiary/aromatic N) is 5. The number of anilines is 1. The van der Waals surface area contributed by atoms with E-state index in [9.17, 15) is 18.4 Å². The zero-order chi connectivity index (χ0) is 23.7. The Balaban J connectivity index is 1.25. The van der Waals surface area contributed by atoms with E-state index in [2.05, 4.69) is 15.0 Å². The number of fused-ring (bicyclic) bond motifs is 1. The van der Waals surface area contributed by atoms with Gasteiger partial charge in [-0.15, -0.1) is 0 Å². The van der Waals surface area contributed by atoms with Gasteiger partial charge in [0, 0.05) is 50.4 Å². The van der Waals surface area contributed by atoms with E-state index in [4.69, 9.17) is 4.52 Å². The van der Waals surface area contributed by atoms with Crippen LogP contribution in [0, 0.1) is 11.6 Å². The third-order valence-electron chi connectivity index (χ3n) is 5.97. The van der Waals surface area contributed by atoms with Gasteiger partial charge in [-0.05, 0) is 48.5 Å². The minimum atomic E-state index is -0.399. The van der Waals surface area contributed by atoms with Gasteiger partial charge in [-0.2, -0.15) is 0 Å². The van der Waals surface area contributed by atoms with Crippen molar-refractivity contribution in [2.45, 2.75) is 13.0 Å². The van der Waals surface area contributed by atoms with Crippen LogP contribution in [0.1, 0.15) is 6.42 Å². The lowest BCUT2D eigenvalue weighted by Crippen LogP contribution is -2.49. The molecular formula is C24H21F2N5O3. The molecule has 1 saturated heterocycles. The molecule has 0 aliphatic carbocycles. The summed E-state index contributed by atoms with van der Waals surface area (Å²) >= 11 is 0. The van der Waals surface area contributed by atoms with Crippen molar-refractivity contribution >= 4 is 22.7 Å². The minimum absolute atomic E-state index is 0.0603. The number of aromatic nitrogens is 3. The van der Waals surface area contributed by atoms with Crippen molar-refractivity contribution in [3.05, 3.63) is 76.8 Å². The lowest BCUT2D eigenvalue weighted by atomic mass is 10.1. The van der Waals surface area contributed by atoms with Crippen LogP contribution in [-0.2, 0) is 11.3 Å². The van der Waals surface area contributed by atoms with Gasteiger partial charge in [0.25, 0.3) is 11.3 Å². The summed E-state index contributed by atoms with van der Waals surface area (Å²) in [5.74, 6) is -0.740. The monoisotopic (exact) mass is 465 g/mol. The van der Waals surface area contributed by atoms with Crippen molar-refractivity contribution in [2.75, 3.05) is 31.1 Å². The van der Waals surface area contributed by atoms with Crippen LogP contribution < -0.4 is 10.5 Å². The highest BCUT2D eigenvalue weighted by Crippen LogP contribution is 2.24. The molecule has 4 aromatic rings. The van der Waals surface area contributed by atoms with Crippen LogP contribution in [-0.4, -0.2) is 51.7 Å². The second kappa shape index (κ2) is 9.05. The average molecular weight is 465 g/mol. The van der Waals surface area contributed by atoms with Crippen molar-refractivity contribution in [3.63, 3.8) is 0 Å². The summed E-state index contributed by atoms with van der Waals surface area (Å²) in [4.78, 5) is 33.8. The number of carbonyl (C=O) groups is 1. The van der Waals surface area contributed by atoms with Crippen molar-refractivity contribution in [3.8, 4) is 11.3 Å². The van der Waals surface area contributed by atoms with Gasteiger partial charge in [0.1, 0.15) is 29.0 Å². The molecule has 5 rings (SSSR count). The predicted molar refractivity (Wildman–Crippen MR) is 121 cm³/mol. The van der Waals surface area contributed by atoms with Gasteiger partial charge in [0.05, 0.1) is 0 Å². The fourth-order valence-corrected chi connectivity index (χ4v) is 4.08. The van der Waals surface area contributed by atoms with E-state index in [1.807, 2.05) is 0 Å². The number of aryl methyl sites for hydroxylation is 1. The zero-order valence-corrected chi connectivity index (χ0v) is 18.2. The highest BCUT2D eigenvalue weighted by Gasteiger charge is 2.22. The molecule has 174 valence electrons. The molecule has 2 aromatic carbocycles. The Kier molecular flexibility index (Phi) is 5.79. The lowest BCUT2D eigenvalue weighted by molar-refractivity contribution is -0.131. The van der Waals surface area contributed by atoms with Crippen molar-refractivity contribution in [2.24, 2.45) is 0 Å². The number of rotatable bonds is 5. The predicted octanol–water partition coefficient (Wildman–Crippen LogP) is 3.07. The SMILES string of the molecule is O=C(CCn1cnc2onc(-c3ccc(F)cc3)c2c1=O)N1CCN(c2ccc(F)cc2)CC1. The van der Waals surface area contributed by atoms with Gasteiger partial charge < -0.3 is 14.3 Å². The Morgan fingerprint density at radius 3 is 2.26 bits per heavy atom.